The Labute approximate surface area is 157 Å². The largest absolute Gasteiger partial charge is 0.454 e. The fourth-order valence-electron chi connectivity index (χ4n) is 2.46. The third kappa shape index (κ3) is 4.25. The van der Waals surface area contributed by atoms with E-state index in [0.29, 0.717) is 5.69 Å². The van der Waals surface area contributed by atoms with Crippen molar-refractivity contribution in [1.82, 2.24) is 14.8 Å². The maximum absolute atomic E-state index is 13.0. The zero-order valence-corrected chi connectivity index (χ0v) is 14.6. The zero-order valence-electron chi connectivity index (χ0n) is 14.6. The molecule has 2 aromatic heterocycles. The molecule has 144 valence electrons. The predicted octanol–water partition coefficient (Wildman–Crippen LogP) is 3.31. The molecule has 1 aromatic carbocycles. The van der Waals surface area contributed by atoms with E-state index in [1.165, 1.54) is 25.3 Å². The Kier molecular flexibility index (Phi) is 5.25. The average molecular weight is 389 g/mol. The van der Waals surface area contributed by atoms with Crippen LogP contribution in [0.4, 0.5) is 13.2 Å². The fourth-order valence-corrected chi connectivity index (χ4v) is 2.46. The van der Waals surface area contributed by atoms with Crippen LogP contribution in [0, 0.1) is 6.92 Å². The molecule has 0 amide bonds. The summed E-state index contributed by atoms with van der Waals surface area (Å²) in [5.74, 6) is -0.989. The van der Waals surface area contributed by atoms with E-state index in [1.54, 1.807) is 18.2 Å². The van der Waals surface area contributed by atoms with Gasteiger partial charge < -0.3 is 4.74 Å². The van der Waals surface area contributed by atoms with Gasteiger partial charge in [0.2, 0.25) is 11.1 Å². The van der Waals surface area contributed by atoms with Gasteiger partial charge in [-0.05, 0) is 37.3 Å². The molecule has 0 aliphatic rings. The molecule has 0 saturated carbocycles. The van der Waals surface area contributed by atoms with E-state index >= 15 is 0 Å². The van der Waals surface area contributed by atoms with Crippen molar-refractivity contribution in [3.05, 3.63) is 87.6 Å². The number of rotatable bonds is 4. The van der Waals surface area contributed by atoms with Crippen LogP contribution in [0.5, 0.6) is 0 Å². The molecule has 6 nitrogen and oxygen atoms in total. The zero-order chi connectivity index (χ0) is 20.3. The van der Waals surface area contributed by atoms with Crippen molar-refractivity contribution < 1.29 is 22.7 Å². The monoisotopic (exact) mass is 389 g/mol. The van der Waals surface area contributed by atoms with Gasteiger partial charge in [-0.15, -0.1) is 0 Å². The quantitative estimate of drug-likeness (QED) is 0.640. The highest BCUT2D eigenvalue weighted by Crippen LogP contribution is 2.30. The normalized spacial score (nSPS) is 11.3. The molecule has 0 fully saturated rings. The van der Waals surface area contributed by atoms with Gasteiger partial charge >= 0.3 is 12.1 Å². The number of ether oxygens (including phenoxy) is 1. The molecular weight excluding hydrogens is 375 g/mol. The summed E-state index contributed by atoms with van der Waals surface area (Å²) < 4.78 is 45.0. The first-order valence-corrected chi connectivity index (χ1v) is 8.11. The molecule has 0 bridgehead atoms. The number of hydrogen-bond donors (Lipinski definition) is 0. The third-order valence-electron chi connectivity index (χ3n) is 3.80. The lowest BCUT2D eigenvalue weighted by Gasteiger charge is -2.13. The molecule has 0 aliphatic carbocycles. The average Bonchev–Trinajstić information content (AvgIpc) is 2.66. The van der Waals surface area contributed by atoms with E-state index in [0.717, 1.165) is 22.9 Å². The molecule has 0 N–H and O–H groups in total. The lowest BCUT2D eigenvalue weighted by atomic mass is 10.2. The van der Waals surface area contributed by atoms with Crippen LogP contribution in [-0.2, 0) is 17.5 Å². The van der Waals surface area contributed by atoms with Crippen LogP contribution in [0.1, 0.15) is 27.4 Å². The maximum atomic E-state index is 13.0. The molecule has 2 heterocycles. The molecule has 0 radical (unpaired) electrons. The van der Waals surface area contributed by atoms with Crippen LogP contribution >= 0.6 is 0 Å². The highest BCUT2D eigenvalue weighted by Gasteiger charge is 2.30. The first-order chi connectivity index (χ1) is 13.3. The summed E-state index contributed by atoms with van der Waals surface area (Å²) in [6, 6.07) is 10.6. The van der Waals surface area contributed by atoms with E-state index in [9.17, 15) is 22.8 Å². The molecular formula is C19H14F3N3O3. The second kappa shape index (κ2) is 7.63. The van der Waals surface area contributed by atoms with Crippen LogP contribution in [-0.4, -0.2) is 20.7 Å². The Morgan fingerprint density at radius 2 is 1.93 bits per heavy atom. The molecule has 9 heteroatoms. The number of nitrogens with zero attached hydrogens (tertiary/aromatic N) is 3. The van der Waals surface area contributed by atoms with Gasteiger partial charge in [0.05, 0.1) is 16.9 Å². The maximum Gasteiger partial charge on any atom is 0.416 e. The van der Waals surface area contributed by atoms with Gasteiger partial charge in [0.15, 0.2) is 0 Å². The Morgan fingerprint density at radius 1 is 1.14 bits per heavy atom. The second-order valence-electron chi connectivity index (χ2n) is 5.86. The highest BCUT2D eigenvalue weighted by atomic mass is 19.4. The number of esters is 1. The van der Waals surface area contributed by atoms with Crippen molar-refractivity contribution in [3.8, 4) is 5.69 Å². The lowest BCUT2D eigenvalue weighted by molar-refractivity contribution is -0.137. The Balaban J connectivity index is 1.93. The SMILES string of the molecule is Cc1cc(=O)c(C(=O)OCc2ccccn2)nn1-c1cccc(C(F)(F)F)c1. The van der Waals surface area contributed by atoms with Crippen molar-refractivity contribution in [2.45, 2.75) is 19.7 Å². The Morgan fingerprint density at radius 3 is 2.61 bits per heavy atom. The standard InChI is InChI=1S/C19H14F3N3O3/c1-12-9-16(26)17(18(27)28-11-14-6-2-3-8-23-14)24-25(12)15-7-4-5-13(10-15)19(20,21)22/h2-10H,11H2,1H3. The summed E-state index contributed by atoms with van der Waals surface area (Å²) in [7, 11) is 0. The minimum absolute atomic E-state index is 0.0612. The molecule has 0 spiro atoms. The number of carbonyl (C=O) groups excluding carboxylic acids is 1. The number of pyridine rings is 1. The van der Waals surface area contributed by atoms with Crippen molar-refractivity contribution in [1.29, 1.82) is 0 Å². The summed E-state index contributed by atoms with van der Waals surface area (Å²) in [6.45, 7) is 1.33. The van der Waals surface area contributed by atoms with Crippen LogP contribution in [0.15, 0.2) is 59.5 Å². The van der Waals surface area contributed by atoms with Gasteiger partial charge in [-0.25, -0.2) is 9.48 Å². The van der Waals surface area contributed by atoms with Crippen LogP contribution < -0.4 is 5.43 Å². The molecule has 0 unspecified atom stereocenters. The molecule has 0 atom stereocenters. The van der Waals surface area contributed by atoms with Gasteiger partial charge in [0.1, 0.15) is 6.61 Å². The van der Waals surface area contributed by atoms with Crippen LogP contribution in [0.3, 0.4) is 0 Å². The minimum atomic E-state index is -4.53. The summed E-state index contributed by atoms with van der Waals surface area (Å²) in [5.41, 5.74) is -1.28. The topological polar surface area (TPSA) is 74.1 Å². The molecule has 0 aliphatic heterocycles. The van der Waals surface area contributed by atoms with E-state index in [2.05, 4.69) is 10.1 Å². The number of hydrogen-bond acceptors (Lipinski definition) is 5. The van der Waals surface area contributed by atoms with Gasteiger partial charge in [-0.1, -0.05) is 12.1 Å². The number of halogens is 3. The van der Waals surface area contributed by atoms with Crippen molar-refractivity contribution >= 4 is 5.97 Å². The van der Waals surface area contributed by atoms with Crippen LogP contribution in [0.25, 0.3) is 5.69 Å². The molecule has 28 heavy (non-hydrogen) atoms. The lowest BCUT2D eigenvalue weighted by Crippen LogP contribution is -2.24. The summed E-state index contributed by atoms with van der Waals surface area (Å²) in [4.78, 5) is 28.4. The molecule has 3 aromatic rings. The summed E-state index contributed by atoms with van der Waals surface area (Å²) >= 11 is 0. The van der Waals surface area contributed by atoms with Crippen molar-refractivity contribution in [3.63, 3.8) is 0 Å². The van der Waals surface area contributed by atoms with Crippen LogP contribution in [0.2, 0.25) is 0 Å². The van der Waals surface area contributed by atoms with E-state index < -0.39 is 28.8 Å². The summed E-state index contributed by atoms with van der Waals surface area (Å²) in [6.07, 6.45) is -3.01. The first-order valence-electron chi connectivity index (χ1n) is 8.11. The smallest absolute Gasteiger partial charge is 0.416 e. The highest BCUT2D eigenvalue weighted by molar-refractivity contribution is 5.86. The molecule has 0 saturated heterocycles. The number of benzene rings is 1. The van der Waals surface area contributed by atoms with Crippen molar-refractivity contribution in [2.75, 3.05) is 0 Å². The number of aryl methyl sites for hydroxylation is 1. The number of alkyl halides is 3. The van der Waals surface area contributed by atoms with E-state index in [-0.39, 0.29) is 18.0 Å². The number of carbonyl (C=O) groups is 1. The Hall–Kier alpha value is -3.49. The Bertz CT molecular complexity index is 1060. The van der Waals surface area contributed by atoms with Gasteiger partial charge in [-0.3, -0.25) is 9.78 Å². The second-order valence-corrected chi connectivity index (χ2v) is 5.86. The van der Waals surface area contributed by atoms with Gasteiger partial charge in [0.25, 0.3) is 0 Å². The third-order valence-corrected chi connectivity index (χ3v) is 3.80. The van der Waals surface area contributed by atoms with Gasteiger partial charge in [-0.2, -0.15) is 18.3 Å². The van der Waals surface area contributed by atoms with Crippen molar-refractivity contribution in [2.24, 2.45) is 0 Å². The minimum Gasteiger partial charge on any atom is -0.454 e. The molecule has 3 rings (SSSR count). The van der Waals surface area contributed by atoms with E-state index in [1.807, 2.05) is 0 Å². The van der Waals surface area contributed by atoms with E-state index in [4.69, 9.17) is 4.74 Å². The summed E-state index contributed by atoms with van der Waals surface area (Å²) in [5, 5.41) is 3.92. The predicted molar refractivity (Wildman–Crippen MR) is 92.9 cm³/mol. The number of aromatic nitrogens is 3. The fraction of sp³-hybridized carbons (Fsp3) is 0.158. The first kappa shape index (κ1) is 19.3. The van der Waals surface area contributed by atoms with Gasteiger partial charge in [0, 0.05) is 18.0 Å².